The minimum Gasteiger partial charge on any atom is -0.454 e. The second-order valence-electron chi connectivity index (χ2n) is 18.6. The van der Waals surface area contributed by atoms with Crippen molar-refractivity contribution in [2.45, 2.75) is 19.3 Å². The van der Waals surface area contributed by atoms with Crippen LogP contribution in [0.4, 0.5) is 38.5 Å². The van der Waals surface area contributed by atoms with E-state index < -0.39 is 0 Å². The highest BCUT2D eigenvalue weighted by molar-refractivity contribution is 6.18. The summed E-state index contributed by atoms with van der Waals surface area (Å²) in [4.78, 5) is 4.41. The molecule has 0 atom stereocenters. The molecular formula is C65H45FN2O. The maximum Gasteiger partial charge on any atom is 0.159 e. The lowest BCUT2D eigenvalue weighted by atomic mass is 9.68. The molecular weight excluding hydrogens is 844 g/mol. The van der Waals surface area contributed by atoms with Gasteiger partial charge in [-0.1, -0.05) is 172 Å². The van der Waals surface area contributed by atoms with Gasteiger partial charge in [-0.15, -0.1) is 0 Å². The second kappa shape index (κ2) is 16.0. The van der Waals surface area contributed by atoms with Gasteiger partial charge < -0.3 is 14.2 Å². The Morgan fingerprint density at radius 3 is 1.71 bits per heavy atom. The Morgan fingerprint density at radius 2 is 0.971 bits per heavy atom. The lowest BCUT2D eigenvalue weighted by Crippen LogP contribution is -2.24. The molecule has 0 saturated carbocycles. The Hall–Kier alpha value is -8.73. The minimum absolute atomic E-state index is 0.278. The first-order chi connectivity index (χ1) is 33.9. The first kappa shape index (κ1) is 40.5. The van der Waals surface area contributed by atoms with E-state index in [1.54, 1.807) is 0 Å². The zero-order valence-corrected chi connectivity index (χ0v) is 38.2. The summed E-state index contributed by atoms with van der Waals surface area (Å²) in [7, 11) is 0. The van der Waals surface area contributed by atoms with Gasteiger partial charge in [0.1, 0.15) is 5.58 Å². The Kier molecular flexibility index (Phi) is 9.38. The van der Waals surface area contributed by atoms with Crippen LogP contribution < -0.4 is 9.80 Å². The molecule has 1 aliphatic carbocycles. The molecule has 0 amide bonds. The highest BCUT2D eigenvalue weighted by atomic mass is 19.1. The number of hydrogen-bond donors (Lipinski definition) is 0. The summed E-state index contributed by atoms with van der Waals surface area (Å²) in [6.45, 7) is 4.70. The summed E-state index contributed by atoms with van der Waals surface area (Å²) in [5.74, 6) is -0.278. The fourth-order valence-corrected chi connectivity index (χ4v) is 11.0. The van der Waals surface area contributed by atoms with E-state index in [9.17, 15) is 0 Å². The standard InChI is InChI=1S/C65H45FN2O/c1-65(2)57-30-17-28-52-54-40-48(68(47-25-13-6-14-26-47)60-39-45(42-19-7-3-8-20-42)38-55(63(60)66)43-21-9-4-10-22-43)34-33-44(54)37-56(62(52)57)50-36-35-49(41-58(50)65)67(46-23-11-5-12-24-46)59-31-18-29-53-51-27-15-16-32-61(51)69-64(53)59/h3-41H,1-2H3. The third kappa shape index (κ3) is 6.55. The van der Waals surface area contributed by atoms with E-state index in [1.165, 1.54) is 33.0 Å². The normalized spacial score (nSPS) is 12.7. The highest BCUT2D eigenvalue weighted by Crippen LogP contribution is 2.53. The molecule has 13 rings (SSSR count). The molecule has 69 heavy (non-hydrogen) atoms. The number of halogens is 1. The molecule has 0 unspecified atom stereocenters. The smallest absolute Gasteiger partial charge is 0.159 e. The molecule has 0 radical (unpaired) electrons. The van der Waals surface area contributed by atoms with Crippen LogP contribution in [0.1, 0.15) is 25.0 Å². The lowest BCUT2D eigenvalue weighted by Gasteiger charge is -2.37. The van der Waals surface area contributed by atoms with Gasteiger partial charge in [-0.3, -0.25) is 0 Å². The summed E-state index contributed by atoms with van der Waals surface area (Å²) in [6, 6.07) is 82.2. The van der Waals surface area contributed by atoms with Gasteiger partial charge in [0.05, 0.1) is 11.4 Å². The average molecular weight is 889 g/mol. The molecule has 0 fully saturated rings. The van der Waals surface area contributed by atoms with E-state index in [2.05, 4.69) is 169 Å². The maximum absolute atomic E-state index is 17.6. The fraction of sp³-hybridized carbons (Fsp3) is 0.0462. The monoisotopic (exact) mass is 888 g/mol. The number of fused-ring (bicyclic) bond motifs is 7. The van der Waals surface area contributed by atoms with Crippen molar-refractivity contribution < 1.29 is 8.81 Å². The summed E-state index contributed by atoms with van der Waals surface area (Å²) in [5.41, 5.74) is 15.0. The minimum atomic E-state index is -0.359. The molecule has 4 heteroatoms. The van der Waals surface area contributed by atoms with Crippen molar-refractivity contribution in [2.75, 3.05) is 9.80 Å². The van der Waals surface area contributed by atoms with Crippen LogP contribution in [0.25, 0.3) is 76.9 Å². The SMILES string of the molecule is CC1(C)c2cc(N(c3ccccc3)c3cccc4c3oc3ccccc34)ccc2-c2cc3ccc(N(c4ccccc4)c4cc(-c5ccccc5)cc(-c5ccccc5)c4F)cc3c3cccc1c23. The van der Waals surface area contributed by atoms with Crippen LogP contribution in [0.2, 0.25) is 0 Å². The molecule has 0 aliphatic heterocycles. The summed E-state index contributed by atoms with van der Waals surface area (Å²) < 4.78 is 24.2. The Bertz CT molecular complexity index is 3940. The van der Waals surface area contributed by atoms with E-state index in [1.807, 2.05) is 91.0 Å². The zero-order valence-electron chi connectivity index (χ0n) is 38.2. The van der Waals surface area contributed by atoms with E-state index in [0.717, 1.165) is 77.8 Å². The molecule has 0 saturated heterocycles. The predicted octanol–water partition coefficient (Wildman–Crippen LogP) is 18.6. The van der Waals surface area contributed by atoms with Gasteiger partial charge >= 0.3 is 0 Å². The first-order valence-corrected chi connectivity index (χ1v) is 23.6. The highest BCUT2D eigenvalue weighted by Gasteiger charge is 2.35. The fourth-order valence-electron chi connectivity index (χ4n) is 11.0. The largest absolute Gasteiger partial charge is 0.454 e. The lowest BCUT2D eigenvalue weighted by molar-refractivity contribution is 0.632. The van der Waals surface area contributed by atoms with E-state index in [4.69, 9.17) is 4.42 Å². The predicted molar refractivity (Wildman–Crippen MR) is 286 cm³/mol. The molecule has 3 nitrogen and oxygen atoms in total. The number of rotatable bonds is 8. The molecule has 0 N–H and O–H groups in total. The van der Waals surface area contributed by atoms with Crippen molar-refractivity contribution in [3.8, 4) is 33.4 Å². The van der Waals surface area contributed by atoms with Crippen molar-refractivity contribution in [2.24, 2.45) is 0 Å². The number of nitrogens with zero attached hydrogens (tertiary/aromatic N) is 2. The van der Waals surface area contributed by atoms with Crippen LogP contribution >= 0.6 is 0 Å². The number of para-hydroxylation sites is 4. The van der Waals surface area contributed by atoms with Gasteiger partial charge in [0.2, 0.25) is 0 Å². The molecule has 328 valence electrons. The Labute approximate surface area is 400 Å². The van der Waals surface area contributed by atoms with Crippen molar-refractivity contribution in [1.29, 1.82) is 0 Å². The number of anilines is 6. The molecule has 1 aliphatic rings. The Balaban J connectivity index is 0.991. The summed E-state index contributed by atoms with van der Waals surface area (Å²) in [5, 5.41) is 6.84. The number of benzene rings is 11. The molecule has 1 aromatic heterocycles. The number of hydrogen-bond acceptors (Lipinski definition) is 3. The van der Waals surface area contributed by atoms with Crippen molar-refractivity contribution in [1.82, 2.24) is 0 Å². The van der Waals surface area contributed by atoms with Gasteiger partial charge in [0.15, 0.2) is 11.4 Å². The van der Waals surface area contributed by atoms with E-state index >= 15 is 4.39 Å². The van der Waals surface area contributed by atoms with Crippen molar-refractivity contribution in [3.63, 3.8) is 0 Å². The van der Waals surface area contributed by atoms with Crippen LogP contribution in [0.3, 0.4) is 0 Å². The maximum atomic E-state index is 17.6. The van der Waals surface area contributed by atoms with Gasteiger partial charge in [0, 0.05) is 44.5 Å². The van der Waals surface area contributed by atoms with Gasteiger partial charge in [-0.05, 0) is 139 Å². The molecule has 12 aromatic rings. The molecule has 11 aromatic carbocycles. The van der Waals surface area contributed by atoms with Crippen molar-refractivity contribution in [3.05, 3.63) is 254 Å². The molecule has 1 heterocycles. The van der Waals surface area contributed by atoms with Crippen LogP contribution in [0, 0.1) is 5.82 Å². The van der Waals surface area contributed by atoms with Gasteiger partial charge in [-0.25, -0.2) is 4.39 Å². The van der Waals surface area contributed by atoms with Gasteiger partial charge in [0.25, 0.3) is 0 Å². The first-order valence-electron chi connectivity index (χ1n) is 23.6. The van der Waals surface area contributed by atoms with Crippen LogP contribution in [-0.2, 0) is 5.41 Å². The van der Waals surface area contributed by atoms with E-state index in [0.29, 0.717) is 11.3 Å². The second-order valence-corrected chi connectivity index (χ2v) is 18.6. The summed E-state index contributed by atoms with van der Waals surface area (Å²) >= 11 is 0. The average Bonchev–Trinajstić information content (AvgIpc) is 3.79. The molecule has 0 spiro atoms. The zero-order chi connectivity index (χ0) is 46.2. The van der Waals surface area contributed by atoms with Crippen LogP contribution in [0.15, 0.2) is 241 Å². The third-order valence-electron chi connectivity index (χ3n) is 14.3. The van der Waals surface area contributed by atoms with E-state index in [-0.39, 0.29) is 11.2 Å². The van der Waals surface area contributed by atoms with Gasteiger partial charge in [-0.2, -0.15) is 0 Å². The molecule has 0 bridgehead atoms. The summed E-state index contributed by atoms with van der Waals surface area (Å²) in [6.07, 6.45) is 0. The third-order valence-corrected chi connectivity index (χ3v) is 14.3. The van der Waals surface area contributed by atoms with Crippen molar-refractivity contribution >= 4 is 77.6 Å². The van der Waals surface area contributed by atoms with Crippen LogP contribution in [0.5, 0.6) is 0 Å². The Morgan fingerprint density at radius 1 is 0.377 bits per heavy atom. The quantitative estimate of drug-likeness (QED) is 0.142. The topological polar surface area (TPSA) is 19.6 Å². The number of furan rings is 1. The van der Waals surface area contributed by atoms with Crippen LogP contribution in [-0.4, -0.2) is 0 Å².